The van der Waals surface area contributed by atoms with Crippen LogP contribution in [-0.4, -0.2) is 42.8 Å². The Balaban J connectivity index is 2.52. The quantitative estimate of drug-likeness (QED) is 0.704. The van der Waals surface area contributed by atoms with Gasteiger partial charge in [-0.05, 0) is 46.5 Å². The summed E-state index contributed by atoms with van der Waals surface area (Å²) in [7, 11) is 3.02. The molecule has 0 saturated carbocycles. The molecule has 0 aliphatic carbocycles. The molecule has 2 N–H and O–H groups in total. The Morgan fingerprint density at radius 3 is 2.65 bits per heavy atom. The van der Waals surface area contributed by atoms with Crippen LogP contribution < -0.4 is 10.1 Å². The number of amides is 2. The molecule has 0 spiro atoms. The van der Waals surface area contributed by atoms with Crippen LogP contribution in [0.4, 0.5) is 4.79 Å². The fourth-order valence-electron chi connectivity index (χ4n) is 2.59. The highest BCUT2D eigenvalue weighted by atomic mass is 79.9. The number of benzene rings is 1. The maximum atomic E-state index is 12.7. The number of hydrogen-bond acceptors (Lipinski definition) is 5. The third-order valence-electron chi connectivity index (χ3n) is 4.13. The van der Waals surface area contributed by atoms with Crippen LogP contribution >= 0.6 is 15.9 Å². The summed E-state index contributed by atoms with van der Waals surface area (Å²) in [6.07, 6.45) is 0. The number of allylic oxidation sites excluding steroid dienone is 1. The molecule has 1 aliphatic rings. The zero-order chi connectivity index (χ0) is 19.6. The Morgan fingerprint density at radius 2 is 2.08 bits per heavy atom. The van der Waals surface area contributed by atoms with Gasteiger partial charge in [-0.2, -0.15) is 0 Å². The van der Waals surface area contributed by atoms with Gasteiger partial charge in [0.2, 0.25) is 0 Å². The molecule has 142 valence electrons. The molecular formula is C18H23BrN2O5. The van der Waals surface area contributed by atoms with Crippen molar-refractivity contribution in [1.29, 1.82) is 0 Å². The minimum Gasteiger partial charge on any atom is -0.503 e. The monoisotopic (exact) mass is 426 g/mol. The average molecular weight is 427 g/mol. The van der Waals surface area contributed by atoms with Gasteiger partial charge in [0.25, 0.3) is 0 Å². The first kappa shape index (κ1) is 20.1. The predicted molar refractivity (Wildman–Crippen MR) is 99.9 cm³/mol. The van der Waals surface area contributed by atoms with E-state index in [0.717, 1.165) is 0 Å². The van der Waals surface area contributed by atoms with E-state index < -0.39 is 12.0 Å². The molecular weight excluding hydrogens is 404 g/mol. The van der Waals surface area contributed by atoms with Crippen LogP contribution in [-0.2, 0) is 9.53 Å². The number of nitrogens with one attached hydrogen (secondary N) is 1. The fraction of sp³-hybridized carbons (Fsp3) is 0.444. The van der Waals surface area contributed by atoms with Gasteiger partial charge in [0.15, 0.2) is 11.5 Å². The Morgan fingerprint density at radius 1 is 1.42 bits per heavy atom. The number of halogens is 1. The Bertz CT molecular complexity index is 760. The molecule has 1 atom stereocenters. The summed E-state index contributed by atoms with van der Waals surface area (Å²) in [5, 5.41) is 12.8. The number of phenols is 1. The normalized spacial score (nSPS) is 17.4. The number of rotatable bonds is 5. The lowest BCUT2D eigenvalue weighted by Gasteiger charge is -2.33. The zero-order valence-corrected chi connectivity index (χ0v) is 17.0. The number of phenolic OH excluding ortho intramolecular Hbond substituents is 1. The molecule has 0 saturated heterocycles. The number of ether oxygens (including phenoxy) is 2. The van der Waals surface area contributed by atoms with Crippen LogP contribution in [0.15, 0.2) is 27.9 Å². The van der Waals surface area contributed by atoms with E-state index in [1.807, 2.05) is 13.8 Å². The molecule has 0 aromatic heterocycles. The summed E-state index contributed by atoms with van der Waals surface area (Å²) in [5.41, 5.74) is 1.44. The molecule has 2 rings (SSSR count). The van der Waals surface area contributed by atoms with E-state index in [0.29, 0.717) is 21.3 Å². The fourth-order valence-corrected chi connectivity index (χ4v) is 3.05. The van der Waals surface area contributed by atoms with E-state index in [9.17, 15) is 14.7 Å². The van der Waals surface area contributed by atoms with Crippen LogP contribution in [0.25, 0.3) is 0 Å². The topological polar surface area (TPSA) is 88.1 Å². The molecule has 2 amide bonds. The summed E-state index contributed by atoms with van der Waals surface area (Å²) in [5.74, 6) is -0.122. The molecule has 1 aromatic rings. The van der Waals surface area contributed by atoms with Crippen LogP contribution in [0.1, 0.15) is 32.4 Å². The van der Waals surface area contributed by atoms with Crippen molar-refractivity contribution in [3.63, 3.8) is 0 Å². The van der Waals surface area contributed by atoms with Crippen molar-refractivity contribution in [2.75, 3.05) is 20.8 Å². The lowest BCUT2D eigenvalue weighted by atomic mass is 9.94. The van der Waals surface area contributed by atoms with Crippen LogP contribution in [0.3, 0.4) is 0 Å². The molecule has 7 nitrogen and oxygen atoms in total. The lowest BCUT2D eigenvalue weighted by molar-refractivity contribution is -0.140. The predicted octanol–water partition coefficient (Wildman–Crippen LogP) is 3.33. The summed E-state index contributed by atoms with van der Waals surface area (Å²) in [4.78, 5) is 26.3. The summed E-state index contributed by atoms with van der Waals surface area (Å²) in [6, 6.07) is 2.16. The van der Waals surface area contributed by atoms with Gasteiger partial charge >= 0.3 is 12.0 Å². The molecule has 0 radical (unpaired) electrons. The highest BCUT2D eigenvalue weighted by Crippen LogP contribution is 2.40. The van der Waals surface area contributed by atoms with Crippen molar-refractivity contribution in [2.45, 2.75) is 26.8 Å². The number of carbonyl (C=O) groups is 2. The highest BCUT2D eigenvalue weighted by molar-refractivity contribution is 9.10. The smallest absolute Gasteiger partial charge is 0.338 e. The van der Waals surface area contributed by atoms with Gasteiger partial charge in [0.05, 0.1) is 29.8 Å². The number of aromatic hydroxyl groups is 1. The minimum atomic E-state index is -0.718. The van der Waals surface area contributed by atoms with Crippen molar-refractivity contribution >= 4 is 27.9 Å². The zero-order valence-electron chi connectivity index (χ0n) is 15.4. The highest BCUT2D eigenvalue weighted by Gasteiger charge is 2.35. The van der Waals surface area contributed by atoms with Gasteiger partial charge in [-0.25, -0.2) is 9.59 Å². The first-order chi connectivity index (χ1) is 12.2. The van der Waals surface area contributed by atoms with E-state index in [-0.39, 0.29) is 30.1 Å². The van der Waals surface area contributed by atoms with E-state index in [4.69, 9.17) is 9.47 Å². The number of methoxy groups -OCH3 is 1. The molecule has 0 bridgehead atoms. The maximum absolute atomic E-state index is 12.7. The van der Waals surface area contributed by atoms with Gasteiger partial charge in [-0.15, -0.1) is 0 Å². The molecule has 0 fully saturated rings. The van der Waals surface area contributed by atoms with Crippen LogP contribution in [0.2, 0.25) is 0 Å². The summed E-state index contributed by atoms with van der Waals surface area (Å²) in [6.45, 7) is 5.87. The SMILES string of the molecule is COc1cc([C@H]2NC(=O)N(C)C(C)=C2C(=O)OCC(C)C)cc(Br)c1O. The van der Waals surface area contributed by atoms with Crippen molar-refractivity contribution < 1.29 is 24.2 Å². The van der Waals surface area contributed by atoms with E-state index in [1.165, 1.54) is 12.0 Å². The Hall–Kier alpha value is -2.22. The van der Waals surface area contributed by atoms with Gasteiger partial charge in [0, 0.05) is 12.7 Å². The first-order valence-electron chi connectivity index (χ1n) is 8.15. The third kappa shape index (κ3) is 3.95. The Kier molecular flexibility index (Phi) is 6.17. The Labute approximate surface area is 161 Å². The van der Waals surface area contributed by atoms with Crippen molar-refractivity contribution in [2.24, 2.45) is 5.92 Å². The average Bonchev–Trinajstić information content (AvgIpc) is 2.59. The molecule has 8 heteroatoms. The van der Waals surface area contributed by atoms with E-state index >= 15 is 0 Å². The lowest BCUT2D eigenvalue weighted by Crippen LogP contribution is -2.46. The number of carbonyl (C=O) groups excluding carboxylic acids is 2. The first-order valence-corrected chi connectivity index (χ1v) is 8.95. The van der Waals surface area contributed by atoms with Crippen LogP contribution in [0.5, 0.6) is 11.5 Å². The summed E-state index contributed by atoms with van der Waals surface area (Å²) >= 11 is 3.27. The van der Waals surface area contributed by atoms with Gasteiger partial charge in [-0.3, -0.25) is 0 Å². The number of esters is 1. The minimum absolute atomic E-state index is 0.0554. The van der Waals surface area contributed by atoms with E-state index in [1.54, 1.807) is 26.1 Å². The van der Waals surface area contributed by atoms with Crippen molar-refractivity contribution in [1.82, 2.24) is 10.2 Å². The number of nitrogens with zero attached hydrogens (tertiary/aromatic N) is 1. The number of hydrogen-bond donors (Lipinski definition) is 2. The third-order valence-corrected chi connectivity index (χ3v) is 4.73. The molecule has 1 heterocycles. The van der Waals surface area contributed by atoms with Gasteiger partial charge in [-0.1, -0.05) is 13.8 Å². The maximum Gasteiger partial charge on any atom is 0.338 e. The molecule has 26 heavy (non-hydrogen) atoms. The van der Waals surface area contributed by atoms with E-state index in [2.05, 4.69) is 21.2 Å². The second-order valence-corrected chi connectivity index (χ2v) is 7.34. The standard InChI is InChI=1S/C18H23BrN2O5/c1-9(2)8-26-17(23)14-10(3)21(4)18(24)20-15(14)11-6-12(19)16(22)13(7-11)25-5/h6-7,9,15,22H,8H2,1-5H3,(H,20,24)/t15-/m1/s1. The van der Waals surface area contributed by atoms with Gasteiger partial charge in [0.1, 0.15) is 0 Å². The molecule has 0 unspecified atom stereocenters. The van der Waals surface area contributed by atoms with Crippen molar-refractivity contribution in [3.8, 4) is 11.5 Å². The summed E-state index contributed by atoms with van der Waals surface area (Å²) < 4.78 is 11.0. The number of urea groups is 1. The van der Waals surface area contributed by atoms with Crippen LogP contribution in [0, 0.1) is 5.92 Å². The molecule has 1 aliphatic heterocycles. The van der Waals surface area contributed by atoms with Gasteiger partial charge < -0.3 is 24.8 Å². The second kappa shape index (κ2) is 7.99. The molecule has 1 aromatic carbocycles. The van der Waals surface area contributed by atoms with Crippen molar-refractivity contribution in [3.05, 3.63) is 33.4 Å². The second-order valence-electron chi connectivity index (χ2n) is 6.49. The largest absolute Gasteiger partial charge is 0.503 e.